The fourth-order valence-corrected chi connectivity index (χ4v) is 6.04. The van der Waals surface area contributed by atoms with Crippen LogP contribution in [0.3, 0.4) is 0 Å². The second kappa shape index (κ2) is 8.85. The first-order chi connectivity index (χ1) is 16.0. The Balaban J connectivity index is 1.23. The standard InChI is InChI=1S/C23H28N4O5S/c1-2-24-23(28)27-8-7-18-14-19(4-5-20(18)27)33(29,30)26-11-9-25(10-12-26)15-17-3-6-21-22(13-17)32-16-31-21/h3-6,13-14H,2,7-12,15-16H2,1H3,(H,24,28). The smallest absolute Gasteiger partial charge is 0.321 e. The molecule has 0 saturated carbocycles. The van der Waals surface area contributed by atoms with Gasteiger partial charge in [0.15, 0.2) is 11.5 Å². The number of anilines is 1. The average molecular weight is 473 g/mol. The van der Waals surface area contributed by atoms with Crippen LogP contribution in [0.5, 0.6) is 11.5 Å². The summed E-state index contributed by atoms with van der Waals surface area (Å²) in [4.78, 5) is 16.4. The third kappa shape index (κ3) is 4.25. The van der Waals surface area contributed by atoms with Gasteiger partial charge >= 0.3 is 6.03 Å². The topological polar surface area (TPSA) is 91.4 Å². The number of benzene rings is 2. The van der Waals surface area contributed by atoms with Crippen LogP contribution in [-0.2, 0) is 23.0 Å². The fraction of sp³-hybridized carbons (Fsp3) is 0.435. The van der Waals surface area contributed by atoms with Crippen LogP contribution in [0, 0.1) is 0 Å². The molecule has 0 spiro atoms. The highest BCUT2D eigenvalue weighted by Crippen LogP contribution is 2.33. The summed E-state index contributed by atoms with van der Waals surface area (Å²) in [5.41, 5.74) is 2.79. The fourth-order valence-electron chi connectivity index (χ4n) is 4.57. The Kier molecular flexibility index (Phi) is 5.90. The number of nitrogens with zero attached hydrogens (tertiary/aromatic N) is 3. The van der Waals surface area contributed by atoms with Crippen LogP contribution in [-0.4, -0.2) is 69.7 Å². The predicted molar refractivity (Wildman–Crippen MR) is 123 cm³/mol. The lowest BCUT2D eigenvalue weighted by Gasteiger charge is -2.34. The lowest BCUT2D eigenvalue weighted by molar-refractivity contribution is 0.173. The number of urea groups is 1. The lowest BCUT2D eigenvalue weighted by Crippen LogP contribution is -2.48. The molecular formula is C23H28N4O5S. The number of amides is 2. The molecule has 0 aromatic heterocycles. The van der Waals surface area contributed by atoms with Crippen molar-refractivity contribution >= 4 is 21.7 Å². The van der Waals surface area contributed by atoms with E-state index in [2.05, 4.69) is 10.2 Å². The Hall–Kier alpha value is -2.82. The van der Waals surface area contributed by atoms with E-state index in [0.717, 1.165) is 34.9 Å². The molecule has 2 aromatic rings. The maximum Gasteiger partial charge on any atom is 0.321 e. The van der Waals surface area contributed by atoms with Crippen LogP contribution in [0.4, 0.5) is 10.5 Å². The molecule has 176 valence electrons. The van der Waals surface area contributed by atoms with Crippen LogP contribution in [0.15, 0.2) is 41.3 Å². The molecule has 5 rings (SSSR count). The maximum atomic E-state index is 13.3. The molecule has 0 bridgehead atoms. The van der Waals surface area contributed by atoms with Crippen molar-refractivity contribution in [3.63, 3.8) is 0 Å². The van der Waals surface area contributed by atoms with Crippen LogP contribution < -0.4 is 19.7 Å². The Labute approximate surface area is 193 Å². The van der Waals surface area contributed by atoms with Gasteiger partial charge in [-0.1, -0.05) is 6.07 Å². The van der Waals surface area contributed by atoms with Crippen molar-refractivity contribution in [1.82, 2.24) is 14.5 Å². The number of hydrogen-bond acceptors (Lipinski definition) is 6. The van der Waals surface area contributed by atoms with Gasteiger partial charge in [0.05, 0.1) is 4.90 Å². The molecule has 33 heavy (non-hydrogen) atoms. The van der Waals surface area contributed by atoms with E-state index in [9.17, 15) is 13.2 Å². The van der Waals surface area contributed by atoms with Gasteiger partial charge in [-0.25, -0.2) is 13.2 Å². The van der Waals surface area contributed by atoms with E-state index in [1.165, 1.54) is 0 Å². The van der Waals surface area contributed by atoms with Crippen LogP contribution in [0.25, 0.3) is 0 Å². The van der Waals surface area contributed by atoms with Crippen LogP contribution in [0.2, 0.25) is 0 Å². The Morgan fingerprint density at radius 2 is 1.79 bits per heavy atom. The number of carbonyl (C=O) groups excluding carboxylic acids is 1. The van der Waals surface area contributed by atoms with Crippen LogP contribution >= 0.6 is 0 Å². The second-order valence-corrected chi connectivity index (χ2v) is 10.3. The van der Waals surface area contributed by atoms with Gasteiger partial charge in [0.1, 0.15) is 0 Å². The Morgan fingerprint density at radius 3 is 2.58 bits per heavy atom. The van der Waals surface area contributed by atoms with E-state index in [1.807, 2.05) is 25.1 Å². The lowest BCUT2D eigenvalue weighted by atomic mass is 10.2. The van der Waals surface area contributed by atoms with E-state index in [-0.39, 0.29) is 12.8 Å². The van der Waals surface area contributed by atoms with E-state index in [4.69, 9.17) is 9.47 Å². The quantitative estimate of drug-likeness (QED) is 0.716. The van der Waals surface area contributed by atoms with Gasteiger partial charge in [-0.2, -0.15) is 4.31 Å². The van der Waals surface area contributed by atoms with E-state index < -0.39 is 10.0 Å². The zero-order valence-electron chi connectivity index (χ0n) is 18.6. The van der Waals surface area contributed by atoms with E-state index in [0.29, 0.717) is 50.6 Å². The molecule has 3 heterocycles. The minimum atomic E-state index is -3.58. The molecule has 0 radical (unpaired) electrons. The van der Waals surface area contributed by atoms with Crippen molar-refractivity contribution in [3.8, 4) is 11.5 Å². The summed E-state index contributed by atoms with van der Waals surface area (Å²) in [5.74, 6) is 1.52. The number of sulfonamides is 1. The molecular weight excluding hydrogens is 444 g/mol. The second-order valence-electron chi connectivity index (χ2n) is 8.40. The first-order valence-electron chi connectivity index (χ1n) is 11.2. The van der Waals surface area contributed by atoms with Gasteiger partial charge < -0.3 is 14.8 Å². The molecule has 3 aliphatic rings. The zero-order valence-corrected chi connectivity index (χ0v) is 19.4. The molecule has 1 saturated heterocycles. The average Bonchev–Trinajstić information content (AvgIpc) is 3.46. The Morgan fingerprint density at radius 1 is 1.00 bits per heavy atom. The van der Waals surface area contributed by atoms with Crippen molar-refractivity contribution in [3.05, 3.63) is 47.5 Å². The van der Waals surface area contributed by atoms with E-state index in [1.54, 1.807) is 27.4 Å². The highest BCUT2D eigenvalue weighted by Gasteiger charge is 2.31. The van der Waals surface area contributed by atoms with Gasteiger partial charge in [-0.15, -0.1) is 0 Å². The number of rotatable bonds is 5. The first kappa shape index (κ1) is 22.0. The highest BCUT2D eigenvalue weighted by atomic mass is 32.2. The van der Waals surface area contributed by atoms with Gasteiger partial charge in [0, 0.05) is 51.5 Å². The summed E-state index contributed by atoms with van der Waals surface area (Å²) < 4.78 is 38.9. The molecule has 0 atom stereocenters. The van der Waals surface area contributed by atoms with Crippen molar-refractivity contribution in [2.75, 3.05) is 51.0 Å². The minimum Gasteiger partial charge on any atom is -0.454 e. The van der Waals surface area contributed by atoms with Crippen molar-refractivity contribution < 1.29 is 22.7 Å². The van der Waals surface area contributed by atoms with E-state index >= 15 is 0 Å². The largest absolute Gasteiger partial charge is 0.454 e. The molecule has 0 aliphatic carbocycles. The highest BCUT2D eigenvalue weighted by molar-refractivity contribution is 7.89. The number of fused-ring (bicyclic) bond motifs is 2. The first-order valence-corrected chi connectivity index (χ1v) is 12.7. The summed E-state index contributed by atoms with van der Waals surface area (Å²) >= 11 is 0. The van der Waals surface area contributed by atoms with Crippen molar-refractivity contribution in [1.29, 1.82) is 0 Å². The number of piperazine rings is 1. The number of carbonyl (C=O) groups is 1. The number of nitrogens with one attached hydrogen (secondary N) is 1. The third-order valence-electron chi connectivity index (χ3n) is 6.33. The molecule has 10 heteroatoms. The summed E-state index contributed by atoms with van der Waals surface area (Å²) in [7, 11) is -3.58. The zero-order chi connectivity index (χ0) is 23.0. The Bertz CT molecular complexity index is 1160. The monoisotopic (exact) mass is 472 g/mol. The van der Waals surface area contributed by atoms with Gasteiger partial charge in [0.2, 0.25) is 16.8 Å². The molecule has 9 nitrogen and oxygen atoms in total. The SMILES string of the molecule is CCNC(=O)N1CCc2cc(S(=O)(=O)N3CCN(Cc4ccc5c(c4)OCO5)CC3)ccc21. The molecule has 2 aromatic carbocycles. The number of ether oxygens (including phenoxy) is 2. The molecule has 1 fully saturated rings. The maximum absolute atomic E-state index is 13.3. The summed E-state index contributed by atoms with van der Waals surface area (Å²) in [5, 5.41) is 2.80. The van der Waals surface area contributed by atoms with Crippen molar-refractivity contribution in [2.24, 2.45) is 0 Å². The van der Waals surface area contributed by atoms with Gasteiger partial charge in [0.25, 0.3) is 0 Å². The summed E-state index contributed by atoms with van der Waals surface area (Å²) in [6, 6.07) is 10.9. The minimum absolute atomic E-state index is 0.148. The predicted octanol–water partition coefficient (Wildman–Crippen LogP) is 2.01. The molecule has 2 amide bonds. The molecule has 0 unspecified atom stereocenters. The summed E-state index contributed by atoms with van der Waals surface area (Å²) in [6.45, 7) is 6.17. The number of hydrogen-bond donors (Lipinski definition) is 1. The van der Waals surface area contributed by atoms with Gasteiger partial charge in [-0.3, -0.25) is 9.80 Å². The summed E-state index contributed by atoms with van der Waals surface area (Å²) in [6.07, 6.45) is 0.652. The molecule has 1 N–H and O–H groups in total. The molecule has 3 aliphatic heterocycles. The van der Waals surface area contributed by atoms with Crippen LogP contribution in [0.1, 0.15) is 18.1 Å². The van der Waals surface area contributed by atoms with Crippen molar-refractivity contribution in [2.45, 2.75) is 24.8 Å². The normalized spacial score (nSPS) is 18.4. The van der Waals surface area contributed by atoms with Gasteiger partial charge in [-0.05, 0) is 54.8 Å². The third-order valence-corrected chi connectivity index (χ3v) is 8.23.